The quantitative estimate of drug-likeness (QED) is 0.437. The standard InChI is InChI=1S/C9H7F6/c1-5-2-6(8(10,11)12)4-7(3-5)9(13,14)15/h2,4,7H,1,3H2/q-1. The zero-order valence-electron chi connectivity index (χ0n) is 7.41. The fraction of sp³-hybridized carbons (Fsp3) is 0.444. The molecule has 0 amide bonds. The maximum Gasteiger partial charge on any atom is 0.394 e. The third-order valence-electron chi connectivity index (χ3n) is 1.97. The maximum absolute atomic E-state index is 12.2. The third kappa shape index (κ3) is 2.94. The molecule has 0 N–H and O–H groups in total. The Morgan fingerprint density at radius 2 is 1.73 bits per heavy atom. The highest BCUT2D eigenvalue weighted by atomic mass is 19.4. The molecule has 1 aliphatic rings. The number of allylic oxidation sites excluding steroid dienone is 3. The summed E-state index contributed by atoms with van der Waals surface area (Å²) in [5.41, 5.74) is -1.44. The summed E-state index contributed by atoms with van der Waals surface area (Å²) in [5.74, 6) is -2.09. The maximum atomic E-state index is 12.2. The summed E-state index contributed by atoms with van der Waals surface area (Å²) in [7, 11) is 0. The number of hydrogen-bond donors (Lipinski definition) is 0. The van der Waals surface area contributed by atoms with Crippen LogP contribution in [0.1, 0.15) is 6.42 Å². The van der Waals surface area contributed by atoms with Gasteiger partial charge in [0.25, 0.3) is 0 Å². The number of hydrogen-bond acceptors (Lipinski definition) is 0. The summed E-state index contributed by atoms with van der Waals surface area (Å²) in [6, 6.07) is 0. The van der Waals surface area contributed by atoms with Gasteiger partial charge >= 0.3 is 12.4 Å². The molecule has 0 aromatic rings. The molecule has 0 aromatic carbocycles. The van der Waals surface area contributed by atoms with E-state index in [9.17, 15) is 26.3 Å². The van der Waals surface area contributed by atoms with Gasteiger partial charge in [0.15, 0.2) is 0 Å². The fourth-order valence-corrected chi connectivity index (χ4v) is 1.27. The summed E-state index contributed by atoms with van der Waals surface area (Å²) in [6.45, 7) is 3.15. The van der Waals surface area contributed by atoms with E-state index in [-0.39, 0.29) is 11.6 Å². The summed E-state index contributed by atoms with van der Waals surface area (Å²) in [6.07, 6.45) is -9.08. The van der Waals surface area contributed by atoms with Gasteiger partial charge in [-0.1, -0.05) is 5.57 Å². The van der Waals surface area contributed by atoms with Gasteiger partial charge in [0.05, 0.1) is 0 Å². The molecule has 0 nitrogen and oxygen atoms in total. The first-order valence-corrected chi connectivity index (χ1v) is 3.99. The van der Waals surface area contributed by atoms with Crippen molar-refractivity contribution in [2.75, 3.05) is 0 Å². The molecule has 0 bridgehead atoms. The van der Waals surface area contributed by atoms with Crippen LogP contribution in [0.4, 0.5) is 26.3 Å². The van der Waals surface area contributed by atoms with E-state index in [1.165, 1.54) is 0 Å². The summed E-state index contributed by atoms with van der Waals surface area (Å²) in [4.78, 5) is 0. The predicted molar refractivity (Wildman–Crippen MR) is 41.7 cm³/mol. The van der Waals surface area contributed by atoms with E-state index < -0.39 is 30.3 Å². The van der Waals surface area contributed by atoms with Crippen molar-refractivity contribution in [2.45, 2.75) is 18.8 Å². The Hall–Kier alpha value is -1.07. The lowest BCUT2D eigenvalue weighted by atomic mass is 9.86. The van der Waals surface area contributed by atoms with Crippen LogP contribution in [0, 0.1) is 12.3 Å². The molecule has 6 heteroatoms. The Balaban J connectivity index is 2.99. The topological polar surface area (TPSA) is 0 Å². The van der Waals surface area contributed by atoms with E-state index in [0.717, 1.165) is 0 Å². The molecule has 0 aliphatic heterocycles. The molecule has 15 heavy (non-hydrogen) atoms. The zero-order valence-corrected chi connectivity index (χ0v) is 7.41. The van der Waals surface area contributed by atoms with Gasteiger partial charge in [-0.25, -0.2) is 0 Å². The molecular weight excluding hydrogens is 222 g/mol. The van der Waals surface area contributed by atoms with Crippen molar-refractivity contribution in [3.8, 4) is 0 Å². The summed E-state index contributed by atoms with van der Waals surface area (Å²) in [5, 5.41) is 0. The molecule has 86 valence electrons. The van der Waals surface area contributed by atoms with Crippen LogP contribution in [-0.2, 0) is 0 Å². The van der Waals surface area contributed by atoms with E-state index in [0.29, 0.717) is 6.42 Å². The Morgan fingerprint density at radius 1 is 1.20 bits per heavy atom. The number of rotatable bonds is 0. The highest BCUT2D eigenvalue weighted by molar-refractivity contribution is 5.36. The second-order valence-corrected chi connectivity index (χ2v) is 3.27. The molecule has 0 spiro atoms. The van der Waals surface area contributed by atoms with Gasteiger partial charge in [-0.05, 0) is 6.42 Å². The van der Waals surface area contributed by atoms with Crippen molar-refractivity contribution < 1.29 is 26.3 Å². The second-order valence-electron chi connectivity index (χ2n) is 3.27. The van der Waals surface area contributed by atoms with Crippen molar-refractivity contribution in [3.63, 3.8) is 0 Å². The van der Waals surface area contributed by atoms with Crippen molar-refractivity contribution in [1.82, 2.24) is 0 Å². The van der Waals surface area contributed by atoms with Gasteiger partial charge in [0.1, 0.15) is 0 Å². The largest absolute Gasteiger partial charge is 0.394 e. The van der Waals surface area contributed by atoms with Crippen molar-refractivity contribution in [2.24, 2.45) is 5.92 Å². The lowest BCUT2D eigenvalue weighted by molar-refractivity contribution is -0.162. The van der Waals surface area contributed by atoms with Gasteiger partial charge in [-0.2, -0.15) is 51.0 Å². The minimum absolute atomic E-state index is 0.160. The van der Waals surface area contributed by atoms with Gasteiger partial charge in [-0.15, -0.1) is 0 Å². The number of halogens is 6. The highest BCUT2D eigenvalue weighted by Crippen LogP contribution is 2.41. The molecule has 1 atom stereocenters. The first-order chi connectivity index (χ1) is 6.60. The van der Waals surface area contributed by atoms with Gasteiger partial charge in [-0.3, -0.25) is 0 Å². The molecule has 0 saturated heterocycles. The van der Waals surface area contributed by atoms with Crippen molar-refractivity contribution in [1.29, 1.82) is 0 Å². The fourth-order valence-electron chi connectivity index (χ4n) is 1.27. The van der Waals surface area contributed by atoms with Crippen LogP contribution in [0.2, 0.25) is 0 Å². The van der Waals surface area contributed by atoms with Crippen LogP contribution >= 0.6 is 0 Å². The Kier molecular flexibility index (Phi) is 2.80. The van der Waals surface area contributed by atoms with Crippen LogP contribution < -0.4 is 0 Å². The first-order valence-electron chi connectivity index (χ1n) is 3.99. The molecule has 1 aliphatic carbocycles. The summed E-state index contributed by atoms with van der Waals surface area (Å²) < 4.78 is 73.1. The van der Waals surface area contributed by atoms with E-state index in [2.05, 4.69) is 6.58 Å². The predicted octanol–water partition coefficient (Wildman–Crippen LogP) is 3.82. The minimum atomic E-state index is -4.76. The third-order valence-corrected chi connectivity index (χ3v) is 1.97. The van der Waals surface area contributed by atoms with E-state index >= 15 is 0 Å². The Labute approximate surface area is 82.3 Å². The SMILES string of the molecule is C=C1[CH-]C(C(F)(F)F)=CC(C(F)(F)F)C1. The molecular formula is C9H7F6-. The van der Waals surface area contributed by atoms with E-state index in [1.807, 2.05) is 0 Å². The van der Waals surface area contributed by atoms with Crippen molar-refractivity contribution >= 4 is 0 Å². The normalized spacial score (nSPS) is 23.5. The smallest absolute Gasteiger partial charge is 0.191 e. The average Bonchev–Trinajstić information content (AvgIpc) is 1.99. The molecule has 0 radical (unpaired) electrons. The van der Waals surface area contributed by atoms with Crippen molar-refractivity contribution in [3.05, 3.63) is 30.2 Å². The first kappa shape index (κ1) is 12.0. The molecule has 0 fully saturated rings. The van der Waals surface area contributed by atoms with Crippen LogP contribution in [0.3, 0.4) is 0 Å². The molecule has 0 saturated carbocycles. The molecule has 0 aromatic heterocycles. The molecule has 0 heterocycles. The highest BCUT2D eigenvalue weighted by Gasteiger charge is 2.40. The average molecular weight is 229 g/mol. The van der Waals surface area contributed by atoms with Gasteiger partial charge in [0.2, 0.25) is 0 Å². The van der Waals surface area contributed by atoms with Gasteiger partial charge in [0, 0.05) is 5.92 Å². The Bertz CT molecular complexity index is 293. The van der Waals surface area contributed by atoms with Crippen LogP contribution in [0.25, 0.3) is 0 Å². The molecule has 1 rings (SSSR count). The van der Waals surface area contributed by atoms with E-state index in [1.54, 1.807) is 0 Å². The Morgan fingerprint density at radius 3 is 2.13 bits per heavy atom. The minimum Gasteiger partial charge on any atom is -0.191 e. The monoisotopic (exact) mass is 229 g/mol. The summed E-state index contributed by atoms with van der Waals surface area (Å²) >= 11 is 0. The van der Waals surface area contributed by atoms with Crippen LogP contribution in [-0.4, -0.2) is 12.4 Å². The van der Waals surface area contributed by atoms with Crippen LogP contribution in [0.15, 0.2) is 23.8 Å². The molecule has 1 unspecified atom stereocenters. The van der Waals surface area contributed by atoms with E-state index in [4.69, 9.17) is 0 Å². The van der Waals surface area contributed by atoms with Crippen LogP contribution in [0.5, 0.6) is 0 Å². The lowest BCUT2D eigenvalue weighted by Gasteiger charge is -2.31. The second kappa shape index (κ2) is 3.50. The lowest BCUT2D eigenvalue weighted by Crippen LogP contribution is -2.27. The zero-order chi connectivity index (χ0) is 11.9. The number of alkyl halides is 6. The van der Waals surface area contributed by atoms with Gasteiger partial charge < -0.3 is 0 Å².